The quantitative estimate of drug-likeness (QED) is 0.387. The number of carbonyl (C=O) groups excluding carboxylic acids is 2. The molecule has 4 aromatic rings. The van der Waals surface area contributed by atoms with Gasteiger partial charge < -0.3 is 15.0 Å². The molecule has 0 aliphatic heterocycles. The first-order valence-electron chi connectivity index (χ1n) is 9.68. The van der Waals surface area contributed by atoms with Gasteiger partial charge in [-0.05, 0) is 42.7 Å². The monoisotopic (exact) mass is 426 g/mol. The maximum atomic E-state index is 12.6. The van der Waals surface area contributed by atoms with Crippen molar-refractivity contribution in [3.05, 3.63) is 93.7 Å². The smallest absolute Gasteiger partial charge is 0.308 e. The van der Waals surface area contributed by atoms with Crippen molar-refractivity contribution in [1.29, 1.82) is 0 Å². The Morgan fingerprint density at radius 3 is 2.78 bits per heavy atom. The zero-order valence-corrected chi connectivity index (χ0v) is 17.3. The zero-order valence-electron chi connectivity index (χ0n) is 17.3. The molecular weight excluding hydrogens is 408 g/mol. The van der Waals surface area contributed by atoms with Gasteiger partial charge in [-0.25, -0.2) is 4.98 Å². The van der Waals surface area contributed by atoms with E-state index in [9.17, 15) is 14.4 Å². The second kappa shape index (κ2) is 8.62. The Balaban J connectivity index is 1.63. The number of amides is 1. The summed E-state index contributed by atoms with van der Waals surface area (Å²) in [6.45, 7) is 3.22. The molecule has 3 aromatic heterocycles. The maximum absolute atomic E-state index is 12.6. The molecule has 2 N–H and O–H groups in total. The van der Waals surface area contributed by atoms with E-state index in [-0.39, 0.29) is 11.3 Å². The highest BCUT2D eigenvalue weighted by molar-refractivity contribution is 6.04. The molecule has 0 saturated carbocycles. The lowest BCUT2D eigenvalue weighted by Gasteiger charge is -2.06. The molecule has 4 rings (SSSR count). The van der Waals surface area contributed by atoms with E-state index in [1.165, 1.54) is 25.3 Å². The van der Waals surface area contributed by atoms with Gasteiger partial charge in [0.05, 0.1) is 6.20 Å². The average molecular weight is 426 g/mol. The third kappa shape index (κ3) is 4.42. The second-order valence-electron chi connectivity index (χ2n) is 6.98. The fourth-order valence-electron chi connectivity index (χ4n) is 3.05. The van der Waals surface area contributed by atoms with Gasteiger partial charge in [-0.1, -0.05) is 12.0 Å². The second-order valence-corrected chi connectivity index (χ2v) is 6.98. The zero-order chi connectivity index (χ0) is 22.7. The number of H-pyrrole nitrogens is 1. The lowest BCUT2D eigenvalue weighted by atomic mass is 10.0. The summed E-state index contributed by atoms with van der Waals surface area (Å²) in [4.78, 5) is 42.4. The summed E-state index contributed by atoms with van der Waals surface area (Å²) in [5.41, 5.74) is 2.85. The molecule has 0 unspecified atom stereocenters. The van der Waals surface area contributed by atoms with Crippen LogP contribution in [0.2, 0.25) is 0 Å². The Morgan fingerprint density at radius 1 is 1.16 bits per heavy atom. The molecule has 0 fully saturated rings. The van der Waals surface area contributed by atoms with Gasteiger partial charge in [-0.15, -0.1) is 0 Å². The van der Waals surface area contributed by atoms with Crippen LogP contribution in [-0.4, -0.2) is 26.2 Å². The van der Waals surface area contributed by atoms with E-state index < -0.39 is 5.97 Å². The minimum Gasteiger partial charge on any atom is -0.423 e. The normalized spacial score (nSPS) is 10.3. The summed E-state index contributed by atoms with van der Waals surface area (Å²) in [5.74, 6) is 6.00. The number of hydrogen-bond donors (Lipinski definition) is 2. The van der Waals surface area contributed by atoms with Crippen LogP contribution in [0, 0.1) is 18.8 Å². The molecule has 158 valence electrons. The van der Waals surface area contributed by atoms with Gasteiger partial charge in [0.1, 0.15) is 11.5 Å². The molecule has 0 atom stereocenters. The number of aromatic amines is 1. The van der Waals surface area contributed by atoms with E-state index in [0.717, 1.165) is 5.56 Å². The van der Waals surface area contributed by atoms with Gasteiger partial charge in [0, 0.05) is 42.6 Å². The number of nitrogens with zero attached hydrogens (tertiary/aromatic N) is 2. The maximum Gasteiger partial charge on any atom is 0.308 e. The van der Waals surface area contributed by atoms with E-state index in [0.29, 0.717) is 34.0 Å². The number of aromatic nitrogens is 3. The van der Waals surface area contributed by atoms with Crippen molar-refractivity contribution in [3.8, 4) is 17.6 Å². The predicted molar refractivity (Wildman–Crippen MR) is 119 cm³/mol. The van der Waals surface area contributed by atoms with Crippen molar-refractivity contribution in [2.45, 2.75) is 13.8 Å². The highest BCUT2D eigenvalue weighted by atomic mass is 16.5. The minimum atomic E-state index is -0.431. The van der Waals surface area contributed by atoms with Crippen molar-refractivity contribution in [2.24, 2.45) is 0 Å². The number of aryl methyl sites for hydroxylation is 1. The van der Waals surface area contributed by atoms with Crippen molar-refractivity contribution in [3.63, 3.8) is 0 Å². The van der Waals surface area contributed by atoms with Gasteiger partial charge in [-0.2, -0.15) is 0 Å². The van der Waals surface area contributed by atoms with Crippen LogP contribution in [0.5, 0.6) is 5.75 Å². The van der Waals surface area contributed by atoms with E-state index in [2.05, 4.69) is 27.1 Å². The Labute approximate surface area is 182 Å². The largest absolute Gasteiger partial charge is 0.423 e. The lowest BCUT2D eigenvalue weighted by molar-refractivity contribution is -0.131. The Bertz CT molecular complexity index is 1470. The highest BCUT2D eigenvalue weighted by Crippen LogP contribution is 2.19. The Hall–Kier alpha value is -4.64. The van der Waals surface area contributed by atoms with E-state index in [1.807, 2.05) is 6.92 Å². The summed E-state index contributed by atoms with van der Waals surface area (Å²) < 4.78 is 6.91. The standard InChI is InChI=1S/C24H18N4O4/c1-15-5-6-18(24(31)27-22-13-20(30)9-10-25-22)12-17(15)7-8-19-14-26-23-21(32-16(2)29)4-3-11-28(19)23/h3-6,9-14H,1-2H3,(H2,25,27,30,31). The molecule has 0 aliphatic rings. The molecule has 32 heavy (non-hydrogen) atoms. The number of rotatable bonds is 3. The average Bonchev–Trinajstić information content (AvgIpc) is 3.17. The summed E-state index contributed by atoms with van der Waals surface area (Å²) in [6, 6.07) is 11.3. The van der Waals surface area contributed by atoms with Crippen LogP contribution in [0.3, 0.4) is 0 Å². The number of ether oxygens (including phenoxy) is 1. The van der Waals surface area contributed by atoms with Crippen LogP contribution in [0.15, 0.2) is 65.8 Å². The SMILES string of the molecule is CC(=O)Oc1cccn2c(C#Cc3cc(C(=O)Nc4cc(=O)cc[nH]4)ccc3C)cnc12. The lowest BCUT2D eigenvalue weighted by Crippen LogP contribution is -2.14. The number of hydrogen-bond acceptors (Lipinski definition) is 5. The molecule has 1 aromatic carbocycles. The molecule has 8 nitrogen and oxygen atoms in total. The Kier molecular flexibility index (Phi) is 5.55. The topological polar surface area (TPSA) is 106 Å². The number of pyridine rings is 2. The first-order valence-corrected chi connectivity index (χ1v) is 9.68. The highest BCUT2D eigenvalue weighted by Gasteiger charge is 2.10. The fourth-order valence-corrected chi connectivity index (χ4v) is 3.05. The molecule has 0 radical (unpaired) electrons. The number of imidazole rings is 1. The van der Waals surface area contributed by atoms with Crippen LogP contribution in [-0.2, 0) is 4.79 Å². The van der Waals surface area contributed by atoms with Crippen LogP contribution in [0.4, 0.5) is 5.82 Å². The van der Waals surface area contributed by atoms with Gasteiger partial charge >= 0.3 is 5.97 Å². The minimum absolute atomic E-state index is 0.209. The van der Waals surface area contributed by atoms with E-state index >= 15 is 0 Å². The van der Waals surface area contributed by atoms with E-state index in [1.54, 1.807) is 47.1 Å². The van der Waals surface area contributed by atoms with Crippen LogP contribution >= 0.6 is 0 Å². The summed E-state index contributed by atoms with van der Waals surface area (Å²) in [6.07, 6.45) is 4.83. The molecule has 0 spiro atoms. The number of nitrogens with one attached hydrogen (secondary N) is 2. The number of carbonyl (C=O) groups is 2. The van der Waals surface area contributed by atoms with Crippen LogP contribution < -0.4 is 15.5 Å². The van der Waals surface area contributed by atoms with Crippen molar-refractivity contribution < 1.29 is 14.3 Å². The van der Waals surface area contributed by atoms with E-state index in [4.69, 9.17) is 4.74 Å². The van der Waals surface area contributed by atoms with Crippen molar-refractivity contribution >= 4 is 23.3 Å². The molecular formula is C24H18N4O4. The first kappa shape index (κ1) is 20.6. The molecule has 8 heteroatoms. The molecule has 0 aliphatic carbocycles. The Morgan fingerprint density at radius 2 is 2.00 bits per heavy atom. The van der Waals surface area contributed by atoms with Crippen LogP contribution in [0.1, 0.15) is 34.1 Å². The molecule has 1 amide bonds. The van der Waals surface area contributed by atoms with Gasteiger partial charge in [0.2, 0.25) is 0 Å². The number of anilines is 1. The number of fused-ring (bicyclic) bond motifs is 1. The fraction of sp³-hybridized carbons (Fsp3) is 0.0833. The van der Waals surface area contributed by atoms with Gasteiger partial charge in [0.15, 0.2) is 16.8 Å². The third-order valence-electron chi connectivity index (χ3n) is 4.60. The van der Waals surface area contributed by atoms with Crippen molar-refractivity contribution in [1.82, 2.24) is 14.4 Å². The third-order valence-corrected chi connectivity index (χ3v) is 4.60. The van der Waals surface area contributed by atoms with Gasteiger partial charge in [-0.3, -0.25) is 18.8 Å². The summed E-state index contributed by atoms with van der Waals surface area (Å²) in [7, 11) is 0. The molecule has 3 heterocycles. The van der Waals surface area contributed by atoms with Crippen LogP contribution in [0.25, 0.3) is 5.65 Å². The predicted octanol–water partition coefficient (Wildman–Crippen LogP) is 2.91. The van der Waals surface area contributed by atoms with Crippen molar-refractivity contribution in [2.75, 3.05) is 5.32 Å². The first-order chi connectivity index (χ1) is 15.4. The summed E-state index contributed by atoms with van der Waals surface area (Å²) >= 11 is 0. The van der Waals surface area contributed by atoms with Gasteiger partial charge in [0.25, 0.3) is 5.91 Å². The number of esters is 1. The number of benzene rings is 1. The molecule has 0 bridgehead atoms. The summed E-state index contributed by atoms with van der Waals surface area (Å²) in [5, 5.41) is 2.66. The molecule has 0 saturated heterocycles.